The molecule has 7 heteroatoms. The smallest absolute Gasteiger partial charge is 0.271 e. The van der Waals surface area contributed by atoms with Gasteiger partial charge in [0.15, 0.2) is 0 Å². The Kier molecular flexibility index (Phi) is 4.52. The highest BCUT2D eigenvalue weighted by atomic mass is 32.2. The predicted octanol–water partition coefficient (Wildman–Crippen LogP) is 2.47. The second kappa shape index (κ2) is 6.14. The molecule has 0 unspecified atom stereocenters. The summed E-state index contributed by atoms with van der Waals surface area (Å²) in [7, 11) is -3.48. The monoisotopic (exact) mass is 297 g/mol. The van der Waals surface area contributed by atoms with Crippen molar-refractivity contribution in [2.75, 3.05) is 11.3 Å². The number of benzene rings is 1. The molecule has 0 aliphatic carbocycles. The van der Waals surface area contributed by atoms with Crippen molar-refractivity contribution in [3.63, 3.8) is 0 Å². The minimum Gasteiger partial charge on any atom is -0.271 e. The van der Waals surface area contributed by atoms with Crippen molar-refractivity contribution < 1.29 is 8.42 Å². The number of aromatic nitrogens is 1. The summed E-state index contributed by atoms with van der Waals surface area (Å²) in [6.07, 6.45) is 2.50. The Hall–Kier alpha value is -1.44. The zero-order valence-electron chi connectivity index (χ0n) is 10.5. The van der Waals surface area contributed by atoms with Gasteiger partial charge in [-0.15, -0.1) is 11.3 Å². The standard InChI is InChI=1S/C12H15N3O2S2/c1-2-7-14-19(16,17)15-11-5-3-10(4-6-11)12-13-8-9-18-12/h3-6,8-9,14-15H,2,7H2,1H3. The van der Waals surface area contributed by atoms with E-state index in [4.69, 9.17) is 0 Å². The van der Waals surface area contributed by atoms with Crippen LogP contribution in [-0.4, -0.2) is 19.9 Å². The zero-order valence-corrected chi connectivity index (χ0v) is 12.1. The van der Waals surface area contributed by atoms with Gasteiger partial charge in [-0.05, 0) is 30.7 Å². The van der Waals surface area contributed by atoms with Gasteiger partial charge in [0.1, 0.15) is 5.01 Å². The minimum absolute atomic E-state index is 0.423. The fraction of sp³-hybridized carbons (Fsp3) is 0.250. The van der Waals surface area contributed by atoms with Gasteiger partial charge in [-0.3, -0.25) is 4.72 Å². The van der Waals surface area contributed by atoms with Crippen LogP contribution in [0.2, 0.25) is 0 Å². The van der Waals surface area contributed by atoms with Crippen LogP contribution in [0.25, 0.3) is 10.6 Å². The van der Waals surface area contributed by atoms with Gasteiger partial charge in [0.2, 0.25) is 0 Å². The summed E-state index contributed by atoms with van der Waals surface area (Å²) in [6.45, 7) is 2.33. The molecule has 2 N–H and O–H groups in total. The highest BCUT2D eigenvalue weighted by Crippen LogP contribution is 2.23. The number of hydrogen-bond donors (Lipinski definition) is 2. The highest BCUT2D eigenvalue weighted by molar-refractivity contribution is 7.90. The van der Waals surface area contributed by atoms with E-state index in [0.717, 1.165) is 17.0 Å². The van der Waals surface area contributed by atoms with Crippen molar-refractivity contribution in [2.24, 2.45) is 0 Å². The quantitative estimate of drug-likeness (QED) is 0.860. The van der Waals surface area contributed by atoms with Crippen molar-refractivity contribution >= 4 is 27.2 Å². The maximum atomic E-state index is 11.6. The van der Waals surface area contributed by atoms with Crippen molar-refractivity contribution in [1.82, 2.24) is 9.71 Å². The molecule has 0 fully saturated rings. The lowest BCUT2D eigenvalue weighted by Gasteiger charge is -2.08. The first-order valence-electron chi connectivity index (χ1n) is 5.88. The molecule has 1 heterocycles. The summed E-state index contributed by atoms with van der Waals surface area (Å²) < 4.78 is 28.2. The molecule has 5 nitrogen and oxygen atoms in total. The van der Waals surface area contributed by atoms with E-state index in [1.807, 2.05) is 24.4 Å². The van der Waals surface area contributed by atoms with E-state index < -0.39 is 10.2 Å². The normalized spacial score (nSPS) is 11.4. The predicted molar refractivity (Wildman–Crippen MR) is 78.4 cm³/mol. The number of nitrogens with zero attached hydrogens (tertiary/aromatic N) is 1. The molecular weight excluding hydrogens is 282 g/mol. The van der Waals surface area contributed by atoms with Crippen LogP contribution in [0.1, 0.15) is 13.3 Å². The van der Waals surface area contributed by atoms with Crippen LogP contribution >= 0.6 is 11.3 Å². The molecule has 0 saturated heterocycles. The Morgan fingerprint density at radius 1 is 1.26 bits per heavy atom. The van der Waals surface area contributed by atoms with Crippen LogP contribution in [0.5, 0.6) is 0 Å². The van der Waals surface area contributed by atoms with Crippen molar-refractivity contribution in [3.05, 3.63) is 35.8 Å². The molecule has 102 valence electrons. The summed E-state index contributed by atoms with van der Waals surface area (Å²) in [6, 6.07) is 7.14. The molecule has 0 aliphatic rings. The maximum Gasteiger partial charge on any atom is 0.299 e. The fourth-order valence-electron chi connectivity index (χ4n) is 1.47. The molecule has 0 aliphatic heterocycles. The average molecular weight is 297 g/mol. The highest BCUT2D eigenvalue weighted by Gasteiger charge is 2.08. The van der Waals surface area contributed by atoms with Crippen molar-refractivity contribution in [2.45, 2.75) is 13.3 Å². The topological polar surface area (TPSA) is 71.1 Å². The van der Waals surface area contributed by atoms with E-state index in [9.17, 15) is 8.42 Å². The van der Waals surface area contributed by atoms with Gasteiger partial charge >= 0.3 is 0 Å². The van der Waals surface area contributed by atoms with E-state index in [0.29, 0.717) is 12.2 Å². The summed E-state index contributed by atoms with van der Waals surface area (Å²) in [5, 5.41) is 2.82. The number of thiazole rings is 1. The van der Waals surface area contributed by atoms with Crippen molar-refractivity contribution in [1.29, 1.82) is 0 Å². The second-order valence-corrected chi connectivity index (χ2v) is 6.31. The Balaban J connectivity index is 2.07. The number of nitrogens with one attached hydrogen (secondary N) is 2. The third-order valence-electron chi connectivity index (χ3n) is 2.36. The maximum absolute atomic E-state index is 11.6. The first-order chi connectivity index (χ1) is 9.11. The van der Waals surface area contributed by atoms with E-state index >= 15 is 0 Å². The lowest BCUT2D eigenvalue weighted by Crippen LogP contribution is -2.30. The summed E-state index contributed by atoms with van der Waals surface area (Å²) in [5.41, 5.74) is 1.50. The molecular formula is C12H15N3O2S2. The third kappa shape index (κ3) is 4.02. The Morgan fingerprint density at radius 3 is 2.58 bits per heavy atom. The number of anilines is 1. The van der Waals surface area contributed by atoms with Crippen molar-refractivity contribution in [3.8, 4) is 10.6 Å². The lowest BCUT2D eigenvalue weighted by atomic mass is 10.2. The SMILES string of the molecule is CCCNS(=O)(=O)Nc1ccc(-c2nccs2)cc1. The molecule has 2 aromatic rings. The van der Waals surface area contributed by atoms with Gasteiger partial charge in [0.05, 0.1) is 0 Å². The molecule has 0 spiro atoms. The molecule has 0 atom stereocenters. The van der Waals surface area contributed by atoms with Crippen LogP contribution in [0.4, 0.5) is 5.69 Å². The van der Waals surface area contributed by atoms with Crippen LogP contribution < -0.4 is 9.44 Å². The molecule has 1 aromatic carbocycles. The molecule has 0 bridgehead atoms. The van der Waals surface area contributed by atoms with Gasteiger partial charge in [-0.25, -0.2) is 4.98 Å². The third-order valence-corrected chi connectivity index (χ3v) is 4.27. The second-order valence-electron chi connectivity index (χ2n) is 3.91. The van der Waals surface area contributed by atoms with Crippen LogP contribution in [-0.2, 0) is 10.2 Å². The van der Waals surface area contributed by atoms with Crippen LogP contribution in [0, 0.1) is 0 Å². The van der Waals surface area contributed by atoms with Crippen LogP contribution in [0.3, 0.4) is 0 Å². The molecule has 0 amide bonds. The summed E-state index contributed by atoms with van der Waals surface area (Å²) >= 11 is 1.54. The van der Waals surface area contributed by atoms with E-state index in [1.165, 1.54) is 0 Å². The summed E-state index contributed by atoms with van der Waals surface area (Å²) in [4.78, 5) is 4.20. The van der Waals surface area contributed by atoms with Gasteiger partial charge in [-0.1, -0.05) is 6.92 Å². The molecule has 1 aromatic heterocycles. The Bertz CT molecular complexity index is 607. The molecule has 0 radical (unpaired) electrons. The molecule has 2 rings (SSSR count). The zero-order chi connectivity index (χ0) is 13.7. The fourth-order valence-corrected chi connectivity index (χ4v) is 3.11. The van der Waals surface area contributed by atoms with E-state index in [2.05, 4.69) is 14.4 Å². The van der Waals surface area contributed by atoms with E-state index in [1.54, 1.807) is 29.7 Å². The first-order valence-corrected chi connectivity index (χ1v) is 8.24. The Morgan fingerprint density at radius 2 is 2.00 bits per heavy atom. The largest absolute Gasteiger partial charge is 0.299 e. The Labute approximate surface area is 116 Å². The molecule has 19 heavy (non-hydrogen) atoms. The van der Waals surface area contributed by atoms with Gasteiger partial charge in [-0.2, -0.15) is 13.1 Å². The summed E-state index contributed by atoms with van der Waals surface area (Å²) in [5.74, 6) is 0. The first kappa shape index (κ1) is 14.0. The van der Waals surface area contributed by atoms with E-state index in [-0.39, 0.29) is 0 Å². The van der Waals surface area contributed by atoms with Gasteiger partial charge < -0.3 is 0 Å². The average Bonchev–Trinajstić information content (AvgIpc) is 2.91. The van der Waals surface area contributed by atoms with Crippen LogP contribution in [0.15, 0.2) is 35.8 Å². The lowest BCUT2D eigenvalue weighted by molar-refractivity contribution is 0.586. The minimum atomic E-state index is -3.48. The number of rotatable bonds is 6. The molecule has 0 saturated carbocycles. The van der Waals surface area contributed by atoms with Gasteiger partial charge in [0, 0.05) is 29.4 Å². The number of hydrogen-bond acceptors (Lipinski definition) is 4. The van der Waals surface area contributed by atoms with Gasteiger partial charge in [0.25, 0.3) is 10.2 Å².